The number of amides is 1. The van der Waals surface area contributed by atoms with Gasteiger partial charge in [-0.15, -0.1) is 10.2 Å². The lowest BCUT2D eigenvalue weighted by atomic mass is 9.73. The lowest BCUT2D eigenvalue weighted by molar-refractivity contribution is 0.117. The van der Waals surface area contributed by atoms with E-state index in [1.807, 2.05) is 27.7 Å². The molecule has 2 fully saturated rings. The number of rotatable bonds is 2. The minimum atomic E-state index is -0.441. The molecule has 6 rings (SSSR count). The number of hydrogen-bond donors (Lipinski definition) is 0. The summed E-state index contributed by atoms with van der Waals surface area (Å²) < 4.78 is 20.0. The molecule has 1 aromatic carbocycles. The number of methoxy groups -OCH3 is 1. The molecular formula is C21H20ClFN8O2. The molecule has 5 heterocycles. The van der Waals surface area contributed by atoms with E-state index in [1.54, 1.807) is 4.90 Å². The molecule has 1 amide bonds. The average Bonchev–Trinajstić information content (AvgIpc) is 3.07. The van der Waals surface area contributed by atoms with Crippen LogP contribution < -0.4 is 9.80 Å². The van der Waals surface area contributed by atoms with Crippen molar-refractivity contribution in [2.75, 3.05) is 43.1 Å². The molecule has 170 valence electrons. The van der Waals surface area contributed by atoms with Crippen LogP contribution in [0.5, 0.6) is 0 Å². The standard InChI is InChI=1S/C21H20ClFN8O2/c1-33-20(32)28-7-13-4-14(22)2-3-16(13)31-17(8-28)26-27-19(31)30-11-21(12-30)9-29(10-21)18-24-5-15(23)6-25-18/h2-6H,7-12H2,1H3. The Labute approximate surface area is 193 Å². The van der Waals surface area contributed by atoms with E-state index in [1.165, 1.54) is 19.5 Å². The highest BCUT2D eigenvalue weighted by Crippen LogP contribution is 2.43. The summed E-state index contributed by atoms with van der Waals surface area (Å²) >= 11 is 6.25. The zero-order valence-electron chi connectivity index (χ0n) is 17.8. The number of aromatic nitrogens is 5. The summed E-state index contributed by atoms with van der Waals surface area (Å²) in [5.74, 6) is 1.50. The van der Waals surface area contributed by atoms with E-state index in [-0.39, 0.29) is 12.0 Å². The Morgan fingerprint density at radius 3 is 2.55 bits per heavy atom. The van der Waals surface area contributed by atoms with E-state index in [0.717, 1.165) is 43.4 Å². The molecule has 12 heteroatoms. The van der Waals surface area contributed by atoms with Gasteiger partial charge in [0.25, 0.3) is 0 Å². The van der Waals surface area contributed by atoms with Crippen LogP contribution >= 0.6 is 11.6 Å². The summed E-state index contributed by atoms with van der Waals surface area (Å²) in [5.41, 5.74) is 1.92. The highest BCUT2D eigenvalue weighted by molar-refractivity contribution is 6.30. The fourth-order valence-corrected chi connectivity index (χ4v) is 5.12. The van der Waals surface area contributed by atoms with Crippen LogP contribution in [0.15, 0.2) is 30.6 Å². The fraction of sp³-hybridized carbons (Fsp3) is 0.381. The van der Waals surface area contributed by atoms with Crippen molar-refractivity contribution in [2.45, 2.75) is 13.1 Å². The molecule has 0 N–H and O–H groups in total. The molecule has 0 unspecified atom stereocenters. The third kappa shape index (κ3) is 3.26. The Balaban J connectivity index is 1.25. The third-order valence-corrected chi connectivity index (χ3v) is 6.63. The van der Waals surface area contributed by atoms with Gasteiger partial charge in [0.1, 0.15) is 0 Å². The molecule has 3 aliphatic heterocycles. The number of halogens is 2. The van der Waals surface area contributed by atoms with Gasteiger partial charge in [0.05, 0.1) is 38.3 Å². The molecule has 0 bridgehead atoms. The van der Waals surface area contributed by atoms with Gasteiger partial charge in [-0.05, 0) is 23.8 Å². The van der Waals surface area contributed by atoms with Gasteiger partial charge in [-0.3, -0.25) is 9.47 Å². The Kier molecular flexibility index (Phi) is 4.44. The Morgan fingerprint density at radius 2 is 1.82 bits per heavy atom. The average molecular weight is 471 g/mol. The fourth-order valence-electron chi connectivity index (χ4n) is 4.93. The maximum absolute atomic E-state index is 13.1. The van der Waals surface area contributed by atoms with Gasteiger partial charge in [0, 0.05) is 36.6 Å². The lowest BCUT2D eigenvalue weighted by Gasteiger charge is -2.60. The summed E-state index contributed by atoms with van der Waals surface area (Å²) in [5, 5.41) is 9.45. The zero-order chi connectivity index (χ0) is 22.7. The first-order valence-electron chi connectivity index (χ1n) is 10.5. The smallest absolute Gasteiger partial charge is 0.410 e. The minimum Gasteiger partial charge on any atom is -0.453 e. The summed E-state index contributed by atoms with van der Waals surface area (Å²) in [6.45, 7) is 3.87. The van der Waals surface area contributed by atoms with Crippen molar-refractivity contribution in [3.8, 4) is 5.69 Å². The predicted molar refractivity (Wildman–Crippen MR) is 117 cm³/mol. The van der Waals surface area contributed by atoms with E-state index in [4.69, 9.17) is 16.3 Å². The van der Waals surface area contributed by atoms with Crippen molar-refractivity contribution in [3.63, 3.8) is 0 Å². The van der Waals surface area contributed by atoms with Crippen LogP contribution in [0.25, 0.3) is 5.69 Å². The van der Waals surface area contributed by atoms with Crippen LogP contribution in [0.1, 0.15) is 11.4 Å². The molecule has 0 radical (unpaired) electrons. The Morgan fingerprint density at radius 1 is 1.09 bits per heavy atom. The van der Waals surface area contributed by atoms with Gasteiger partial charge in [-0.2, -0.15) is 0 Å². The number of ether oxygens (including phenoxy) is 1. The molecule has 0 aliphatic carbocycles. The second kappa shape index (κ2) is 7.27. The molecule has 2 saturated heterocycles. The van der Waals surface area contributed by atoms with E-state index in [0.29, 0.717) is 23.3 Å². The zero-order valence-corrected chi connectivity index (χ0v) is 18.5. The second-order valence-electron chi connectivity index (χ2n) is 8.76. The van der Waals surface area contributed by atoms with Crippen molar-refractivity contribution >= 4 is 29.6 Å². The van der Waals surface area contributed by atoms with Crippen LogP contribution in [0, 0.1) is 11.2 Å². The SMILES string of the molecule is COC(=O)N1Cc2cc(Cl)ccc2-n2c(nnc2N2CC3(CN(c4ncc(F)cn4)C3)C2)C1. The normalized spacial score (nSPS) is 18.2. The molecule has 0 saturated carbocycles. The third-order valence-electron chi connectivity index (χ3n) is 6.40. The van der Waals surface area contributed by atoms with Crippen molar-refractivity contribution in [3.05, 3.63) is 52.8 Å². The van der Waals surface area contributed by atoms with Crippen molar-refractivity contribution < 1.29 is 13.9 Å². The maximum atomic E-state index is 13.1. The van der Waals surface area contributed by atoms with Crippen molar-refractivity contribution in [1.29, 1.82) is 0 Å². The summed E-state index contributed by atoms with van der Waals surface area (Å²) in [6, 6.07) is 5.61. The van der Waals surface area contributed by atoms with Gasteiger partial charge >= 0.3 is 6.09 Å². The minimum absolute atomic E-state index is 0.121. The van der Waals surface area contributed by atoms with Crippen LogP contribution in [-0.2, 0) is 17.8 Å². The Hall–Kier alpha value is -3.47. The number of anilines is 2. The van der Waals surface area contributed by atoms with Gasteiger partial charge in [-0.1, -0.05) is 11.6 Å². The second-order valence-corrected chi connectivity index (χ2v) is 9.20. The topological polar surface area (TPSA) is 92.5 Å². The van der Waals surface area contributed by atoms with E-state index < -0.39 is 11.9 Å². The highest BCUT2D eigenvalue weighted by Gasteiger charge is 2.54. The maximum Gasteiger partial charge on any atom is 0.410 e. The number of fused-ring (bicyclic) bond motifs is 3. The molecule has 3 aliphatic rings. The molecule has 3 aromatic rings. The summed E-state index contributed by atoms with van der Waals surface area (Å²) in [7, 11) is 1.36. The molecular weight excluding hydrogens is 451 g/mol. The number of benzene rings is 1. The van der Waals surface area contributed by atoms with E-state index >= 15 is 0 Å². The number of hydrogen-bond acceptors (Lipinski definition) is 8. The Bertz CT molecular complexity index is 1240. The van der Waals surface area contributed by atoms with Crippen LogP contribution in [0.3, 0.4) is 0 Å². The number of carbonyl (C=O) groups is 1. The van der Waals surface area contributed by atoms with Crippen LogP contribution in [0.2, 0.25) is 5.02 Å². The van der Waals surface area contributed by atoms with Crippen LogP contribution in [-0.4, -0.2) is 69.0 Å². The molecule has 2 aromatic heterocycles. The highest BCUT2D eigenvalue weighted by atomic mass is 35.5. The van der Waals surface area contributed by atoms with Crippen molar-refractivity contribution in [1.82, 2.24) is 29.6 Å². The lowest BCUT2D eigenvalue weighted by Crippen LogP contribution is -2.73. The number of nitrogens with zero attached hydrogens (tertiary/aromatic N) is 8. The van der Waals surface area contributed by atoms with Gasteiger partial charge in [-0.25, -0.2) is 19.2 Å². The van der Waals surface area contributed by atoms with Gasteiger partial charge in [0.2, 0.25) is 11.9 Å². The van der Waals surface area contributed by atoms with E-state index in [2.05, 4.69) is 25.1 Å². The first-order valence-corrected chi connectivity index (χ1v) is 10.9. The van der Waals surface area contributed by atoms with E-state index in [9.17, 15) is 9.18 Å². The summed E-state index contributed by atoms with van der Waals surface area (Å²) in [4.78, 5) is 26.2. The molecule has 1 spiro atoms. The molecule has 33 heavy (non-hydrogen) atoms. The first kappa shape index (κ1) is 20.2. The summed E-state index contributed by atoms with van der Waals surface area (Å²) in [6.07, 6.45) is 1.94. The van der Waals surface area contributed by atoms with Crippen LogP contribution in [0.4, 0.5) is 21.1 Å². The largest absolute Gasteiger partial charge is 0.453 e. The predicted octanol–water partition coefficient (Wildman–Crippen LogP) is 2.26. The first-order chi connectivity index (χ1) is 15.9. The van der Waals surface area contributed by atoms with Gasteiger partial charge in [0.15, 0.2) is 11.6 Å². The molecule has 10 nitrogen and oxygen atoms in total. The quantitative estimate of drug-likeness (QED) is 0.563. The van der Waals surface area contributed by atoms with Crippen molar-refractivity contribution in [2.24, 2.45) is 5.41 Å². The molecule has 0 atom stereocenters. The monoisotopic (exact) mass is 470 g/mol. The van der Waals surface area contributed by atoms with Gasteiger partial charge < -0.3 is 14.5 Å². The number of carbonyl (C=O) groups excluding carboxylic acids is 1.